The Morgan fingerprint density at radius 3 is 2.50 bits per heavy atom. The first-order valence-electron chi connectivity index (χ1n) is 7.39. The van der Waals surface area contributed by atoms with Crippen molar-refractivity contribution in [3.05, 3.63) is 28.8 Å². The van der Waals surface area contributed by atoms with Gasteiger partial charge in [0.25, 0.3) is 0 Å². The molecule has 1 saturated carbocycles. The highest BCUT2D eigenvalue weighted by molar-refractivity contribution is 6.34. The third kappa shape index (κ3) is 3.26. The Kier molecular flexibility index (Phi) is 4.92. The average molecular weight is 294 g/mol. The molecule has 4 heteroatoms. The Morgan fingerprint density at radius 2 is 2.00 bits per heavy atom. The van der Waals surface area contributed by atoms with Gasteiger partial charge in [0.15, 0.2) is 0 Å². The van der Waals surface area contributed by atoms with Crippen molar-refractivity contribution in [2.45, 2.75) is 45.1 Å². The maximum absolute atomic E-state index is 7.47. The quantitative estimate of drug-likeness (QED) is 0.650. The van der Waals surface area contributed by atoms with Crippen LogP contribution in [-0.4, -0.2) is 18.9 Å². The van der Waals surface area contributed by atoms with E-state index in [-0.39, 0.29) is 5.84 Å². The second kappa shape index (κ2) is 6.49. The van der Waals surface area contributed by atoms with Crippen LogP contribution in [0, 0.1) is 11.3 Å². The monoisotopic (exact) mass is 293 g/mol. The Morgan fingerprint density at radius 1 is 1.35 bits per heavy atom. The van der Waals surface area contributed by atoms with Gasteiger partial charge in [0, 0.05) is 24.3 Å². The van der Waals surface area contributed by atoms with E-state index in [2.05, 4.69) is 18.9 Å². The summed E-state index contributed by atoms with van der Waals surface area (Å²) >= 11 is 6.21. The number of nitrogens with zero attached hydrogens (tertiary/aromatic N) is 1. The van der Waals surface area contributed by atoms with Gasteiger partial charge in [-0.15, -0.1) is 0 Å². The van der Waals surface area contributed by atoms with Crippen molar-refractivity contribution in [2.75, 3.05) is 11.9 Å². The number of anilines is 1. The lowest BCUT2D eigenvalue weighted by molar-refractivity contribution is 0.313. The Balaban J connectivity index is 2.08. The molecule has 0 heterocycles. The minimum atomic E-state index is 0.0210. The van der Waals surface area contributed by atoms with Crippen LogP contribution in [-0.2, 0) is 0 Å². The number of hydrogen-bond donors (Lipinski definition) is 2. The van der Waals surface area contributed by atoms with Gasteiger partial charge in [0.2, 0.25) is 0 Å². The molecule has 0 atom stereocenters. The number of nitrogen functional groups attached to an aromatic ring is 1. The maximum Gasteiger partial charge on any atom is 0.124 e. The first-order chi connectivity index (χ1) is 9.52. The highest BCUT2D eigenvalue weighted by Gasteiger charge is 2.23. The van der Waals surface area contributed by atoms with Gasteiger partial charge in [-0.3, -0.25) is 5.41 Å². The molecule has 2 rings (SSSR count). The summed E-state index contributed by atoms with van der Waals surface area (Å²) in [6, 6.07) is 6.37. The fraction of sp³-hybridized carbons (Fsp3) is 0.562. The zero-order valence-electron chi connectivity index (χ0n) is 12.3. The van der Waals surface area contributed by atoms with E-state index in [1.165, 1.54) is 32.1 Å². The van der Waals surface area contributed by atoms with Crippen molar-refractivity contribution >= 4 is 23.1 Å². The molecule has 0 aliphatic heterocycles. The minimum absolute atomic E-state index is 0.0210. The maximum atomic E-state index is 7.47. The molecule has 1 aromatic carbocycles. The fourth-order valence-electron chi connectivity index (χ4n) is 3.09. The number of benzene rings is 1. The van der Waals surface area contributed by atoms with Crippen LogP contribution < -0.4 is 10.6 Å². The van der Waals surface area contributed by atoms with Crippen LogP contribution in [0.15, 0.2) is 18.2 Å². The van der Waals surface area contributed by atoms with E-state index >= 15 is 0 Å². The lowest BCUT2D eigenvalue weighted by Crippen LogP contribution is -2.35. The zero-order valence-corrected chi connectivity index (χ0v) is 13.1. The first kappa shape index (κ1) is 15.2. The van der Waals surface area contributed by atoms with E-state index in [1.807, 2.05) is 18.2 Å². The molecule has 0 saturated heterocycles. The van der Waals surface area contributed by atoms with Gasteiger partial charge in [-0.05, 0) is 49.8 Å². The topological polar surface area (TPSA) is 53.1 Å². The molecule has 3 nitrogen and oxygen atoms in total. The summed E-state index contributed by atoms with van der Waals surface area (Å²) in [4.78, 5) is 2.32. The van der Waals surface area contributed by atoms with Crippen LogP contribution in [0.1, 0.15) is 44.6 Å². The summed E-state index contributed by atoms with van der Waals surface area (Å²) in [5, 5.41) is 8.03. The summed E-state index contributed by atoms with van der Waals surface area (Å²) in [6.07, 6.45) is 6.45. The van der Waals surface area contributed by atoms with Crippen LogP contribution in [0.5, 0.6) is 0 Å². The van der Waals surface area contributed by atoms with E-state index in [0.717, 1.165) is 11.6 Å². The largest absolute Gasteiger partial charge is 0.384 e. The molecular formula is C16H24ClN3. The fourth-order valence-corrected chi connectivity index (χ4v) is 3.37. The van der Waals surface area contributed by atoms with Gasteiger partial charge in [0.05, 0.1) is 5.02 Å². The smallest absolute Gasteiger partial charge is 0.124 e. The van der Waals surface area contributed by atoms with Gasteiger partial charge >= 0.3 is 0 Å². The molecule has 3 N–H and O–H groups in total. The van der Waals surface area contributed by atoms with Gasteiger partial charge in [-0.1, -0.05) is 24.9 Å². The van der Waals surface area contributed by atoms with Crippen molar-refractivity contribution in [3.8, 4) is 0 Å². The molecule has 1 aliphatic rings. The second-order valence-corrected chi connectivity index (χ2v) is 6.18. The van der Waals surface area contributed by atoms with E-state index in [9.17, 15) is 0 Å². The molecule has 110 valence electrons. The van der Waals surface area contributed by atoms with Crippen molar-refractivity contribution < 1.29 is 0 Å². The number of nitrogens with one attached hydrogen (secondary N) is 1. The summed E-state index contributed by atoms with van der Waals surface area (Å²) < 4.78 is 0. The minimum Gasteiger partial charge on any atom is -0.384 e. The lowest BCUT2D eigenvalue weighted by Gasteiger charge is -2.36. The molecule has 0 amide bonds. The van der Waals surface area contributed by atoms with Crippen LogP contribution >= 0.6 is 11.6 Å². The van der Waals surface area contributed by atoms with Gasteiger partial charge in [0.1, 0.15) is 5.84 Å². The molecule has 0 aromatic heterocycles. The number of rotatable bonds is 4. The van der Waals surface area contributed by atoms with E-state index < -0.39 is 0 Å². The van der Waals surface area contributed by atoms with Gasteiger partial charge < -0.3 is 10.6 Å². The summed E-state index contributed by atoms with van der Waals surface area (Å²) in [5.41, 5.74) is 7.22. The third-order valence-corrected chi connectivity index (χ3v) is 4.90. The van der Waals surface area contributed by atoms with Crippen molar-refractivity contribution in [1.29, 1.82) is 5.41 Å². The van der Waals surface area contributed by atoms with E-state index in [0.29, 0.717) is 16.6 Å². The molecular weight excluding hydrogens is 270 g/mol. The molecule has 1 aliphatic carbocycles. The summed E-state index contributed by atoms with van der Waals surface area (Å²) in [7, 11) is 2.13. The number of amidine groups is 1. The van der Waals surface area contributed by atoms with Crippen molar-refractivity contribution in [2.24, 2.45) is 11.7 Å². The lowest BCUT2D eigenvalue weighted by atomic mass is 9.84. The Bertz CT molecular complexity index is 479. The summed E-state index contributed by atoms with van der Waals surface area (Å²) in [5.74, 6) is 0.927. The van der Waals surface area contributed by atoms with Gasteiger partial charge in [-0.2, -0.15) is 0 Å². The first-order valence-corrected chi connectivity index (χ1v) is 7.77. The third-order valence-electron chi connectivity index (χ3n) is 4.59. The average Bonchev–Trinajstić information content (AvgIpc) is 2.46. The highest BCUT2D eigenvalue weighted by Crippen LogP contribution is 2.32. The van der Waals surface area contributed by atoms with Crippen LogP contribution in [0.25, 0.3) is 0 Å². The van der Waals surface area contributed by atoms with Crippen LogP contribution in [0.2, 0.25) is 5.02 Å². The molecule has 1 aromatic rings. The van der Waals surface area contributed by atoms with E-state index in [1.54, 1.807) is 0 Å². The normalized spacial score (nSPS) is 22.6. The van der Waals surface area contributed by atoms with E-state index in [4.69, 9.17) is 22.7 Å². The Labute approximate surface area is 126 Å². The second-order valence-electron chi connectivity index (χ2n) is 5.77. The number of hydrogen-bond acceptors (Lipinski definition) is 2. The highest BCUT2D eigenvalue weighted by atomic mass is 35.5. The molecule has 1 fully saturated rings. The van der Waals surface area contributed by atoms with Crippen LogP contribution in [0.3, 0.4) is 0 Å². The number of nitrogens with two attached hydrogens (primary N) is 1. The zero-order chi connectivity index (χ0) is 14.7. The number of halogens is 1. The molecule has 0 unspecified atom stereocenters. The van der Waals surface area contributed by atoms with Crippen LogP contribution in [0.4, 0.5) is 5.69 Å². The molecule has 0 radical (unpaired) electrons. The molecule has 20 heavy (non-hydrogen) atoms. The van der Waals surface area contributed by atoms with Gasteiger partial charge in [-0.25, -0.2) is 0 Å². The SMILES string of the molecule is CCC1CCC(N(C)c2ccc(C(=N)N)c(Cl)c2)CC1. The van der Waals surface area contributed by atoms with Crippen molar-refractivity contribution in [1.82, 2.24) is 0 Å². The predicted molar refractivity (Wildman–Crippen MR) is 86.9 cm³/mol. The Hall–Kier alpha value is -1.22. The van der Waals surface area contributed by atoms with Crippen molar-refractivity contribution in [3.63, 3.8) is 0 Å². The molecule has 0 bridgehead atoms. The predicted octanol–water partition coefficient (Wildman–Crippen LogP) is 4.03. The molecule has 0 spiro atoms. The standard InChI is InChI=1S/C16H24ClN3/c1-3-11-4-6-12(7-5-11)20(2)13-8-9-14(16(18)19)15(17)10-13/h8-12H,3-7H2,1-2H3,(H3,18,19). The summed E-state index contributed by atoms with van der Waals surface area (Å²) in [6.45, 7) is 2.29.